The van der Waals surface area contributed by atoms with E-state index in [2.05, 4.69) is 56.0 Å². The zero-order chi connectivity index (χ0) is 14.5. The lowest BCUT2D eigenvalue weighted by atomic mass is 10.1. The van der Waals surface area contributed by atoms with Crippen molar-refractivity contribution in [3.05, 3.63) is 51.0 Å². The molecule has 0 aliphatic heterocycles. The Labute approximate surface area is 136 Å². The molecule has 0 aliphatic carbocycles. The maximum absolute atomic E-state index is 5.83. The fourth-order valence-corrected chi connectivity index (χ4v) is 2.97. The van der Waals surface area contributed by atoms with Crippen molar-refractivity contribution < 1.29 is 4.74 Å². The summed E-state index contributed by atoms with van der Waals surface area (Å²) >= 11 is 6.90. The number of rotatable bonds is 5. The number of benzene rings is 1. The van der Waals surface area contributed by atoms with Crippen molar-refractivity contribution in [3.8, 4) is 11.6 Å². The third kappa shape index (κ3) is 4.04. The van der Waals surface area contributed by atoms with E-state index in [1.807, 2.05) is 30.3 Å². The fourth-order valence-electron chi connectivity index (χ4n) is 1.84. The topological polar surface area (TPSA) is 34.2 Å². The van der Waals surface area contributed by atoms with Gasteiger partial charge in [-0.1, -0.05) is 22.9 Å². The van der Waals surface area contributed by atoms with Gasteiger partial charge >= 0.3 is 0 Å². The van der Waals surface area contributed by atoms with Crippen LogP contribution in [0.4, 0.5) is 0 Å². The van der Waals surface area contributed by atoms with Gasteiger partial charge in [-0.2, -0.15) is 0 Å². The molecular formula is C15H16Br2N2O. The van der Waals surface area contributed by atoms with Gasteiger partial charge in [-0.3, -0.25) is 0 Å². The highest BCUT2D eigenvalue weighted by Crippen LogP contribution is 2.31. The molecule has 0 radical (unpaired) electrons. The van der Waals surface area contributed by atoms with Gasteiger partial charge in [0.25, 0.3) is 0 Å². The number of halogens is 2. The molecule has 1 aromatic heterocycles. The van der Waals surface area contributed by atoms with Gasteiger partial charge in [-0.15, -0.1) is 0 Å². The maximum atomic E-state index is 5.83. The molecule has 1 aromatic carbocycles. The molecule has 1 N–H and O–H groups in total. The molecule has 0 aliphatic rings. The van der Waals surface area contributed by atoms with Crippen molar-refractivity contribution in [2.24, 2.45) is 0 Å². The Hall–Kier alpha value is -0.910. The largest absolute Gasteiger partial charge is 0.438 e. The first-order chi connectivity index (χ1) is 9.60. The van der Waals surface area contributed by atoms with Gasteiger partial charge in [0.05, 0.1) is 4.47 Å². The van der Waals surface area contributed by atoms with Gasteiger partial charge in [0.1, 0.15) is 5.75 Å². The Bertz CT molecular complexity index is 590. The SMILES string of the molecule is CCNC(C)c1ccnc(Oc2ccc(Br)cc2Br)c1. The monoisotopic (exact) mass is 398 g/mol. The number of ether oxygens (including phenoxy) is 1. The third-order valence-electron chi connectivity index (χ3n) is 2.88. The van der Waals surface area contributed by atoms with E-state index in [0.717, 1.165) is 26.8 Å². The van der Waals surface area contributed by atoms with E-state index in [0.29, 0.717) is 5.88 Å². The number of nitrogens with one attached hydrogen (secondary N) is 1. The van der Waals surface area contributed by atoms with Gasteiger partial charge in [0, 0.05) is 22.8 Å². The van der Waals surface area contributed by atoms with E-state index in [1.165, 1.54) is 0 Å². The van der Waals surface area contributed by atoms with E-state index in [1.54, 1.807) is 6.20 Å². The van der Waals surface area contributed by atoms with E-state index in [4.69, 9.17) is 4.74 Å². The molecule has 2 rings (SSSR count). The van der Waals surface area contributed by atoms with Crippen LogP contribution in [0, 0.1) is 0 Å². The number of aromatic nitrogens is 1. The second-order valence-corrected chi connectivity index (χ2v) is 6.15. The van der Waals surface area contributed by atoms with Crippen LogP contribution in [0.15, 0.2) is 45.5 Å². The maximum Gasteiger partial charge on any atom is 0.219 e. The number of hydrogen-bond acceptors (Lipinski definition) is 3. The molecule has 5 heteroatoms. The third-order valence-corrected chi connectivity index (χ3v) is 3.99. The van der Waals surface area contributed by atoms with Crippen LogP contribution in [-0.4, -0.2) is 11.5 Å². The molecule has 0 bridgehead atoms. The first-order valence-electron chi connectivity index (χ1n) is 6.42. The lowest BCUT2D eigenvalue weighted by molar-refractivity contribution is 0.457. The molecule has 106 valence electrons. The molecule has 1 unspecified atom stereocenters. The molecule has 1 atom stereocenters. The quantitative estimate of drug-likeness (QED) is 0.761. The van der Waals surface area contributed by atoms with Crippen LogP contribution >= 0.6 is 31.9 Å². The summed E-state index contributed by atoms with van der Waals surface area (Å²) in [6.45, 7) is 5.14. The molecule has 2 aromatic rings. The van der Waals surface area contributed by atoms with Gasteiger partial charge in [0.15, 0.2) is 0 Å². The smallest absolute Gasteiger partial charge is 0.219 e. The lowest BCUT2D eigenvalue weighted by Gasteiger charge is -2.14. The van der Waals surface area contributed by atoms with Crippen LogP contribution in [-0.2, 0) is 0 Å². The van der Waals surface area contributed by atoms with Crippen molar-refractivity contribution in [2.75, 3.05) is 6.54 Å². The molecule has 0 amide bonds. The summed E-state index contributed by atoms with van der Waals surface area (Å²) in [5.74, 6) is 1.34. The second-order valence-electron chi connectivity index (χ2n) is 4.38. The Morgan fingerprint density at radius 3 is 2.75 bits per heavy atom. The predicted molar refractivity (Wildman–Crippen MR) is 88.2 cm³/mol. The van der Waals surface area contributed by atoms with Crippen molar-refractivity contribution >= 4 is 31.9 Å². The average Bonchev–Trinajstić information content (AvgIpc) is 2.43. The second kappa shape index (κ2) is 7.20. The summed E-state index contributed by atoms with van der Waals surface area (Å²) in [6, 6.07) is 10.0. The minimum Gasteiger partial charge on any atom is -0.438 e. The van der Waals surface area contributed by atoms with Crippen molar-refractivity contribution in [2.45, 2.75) is 19.9 Å². The standard InChI is InChI=1S/C15H16Br2N2O/c1-3-18-10(2)11-6-7-19-15(8-11)20-14-5-4-12(16)9-13(14)17/h4-10,18H,3H2,1-2H3. The van der Waals surface area contributed by atoms with Gasteiger partial charge in [-0.25, -0.2) is 4.98 Å². The first-order valence-corrected chi connectivity index (χ1v) is 8.01. The molecule has 1 heterocycles. The van der Waals surface area contributed by atoms with E-state index < -0.39 is 0 Å². The summed E-state index contributed by atoms with van der Waals surface area (Å²) in [4.78, 5) is 4.26. The van der Waals surface area contributed by atoms with Crippen molar-refractivity contribution in [1.29, 1.82) is 0 Å². The van der Waals surface area contributed by atoms with Crippen molar-refractivity contribution in [1.82, 2.24) is 10.3 Å². The minimum atomic E-state index is 0.277. The molecule has 0 spiro atoms. The van der Waals surface area contributed by atoms with Gasteiger partial charge in [-0.05, 0) is 59.2 Å². The van der Waals surface area contributed by atoms with Crippen LogP contribution in [0.1, 0.15) is 25.5 Å². The summed E-state index contributed by atoms with van der Waals surface area (Å²) in [7, 11) is 0. The molecule has 0 saturated heterocycles. The van der Waals surface area contributed by atoms with Crippen molar-refractivity contribution in [3.63, 3.8) is 0 Å². The van der Waals surface area contributed by atoms with Crippen LogP contribution < -0.4 is 10.1 Å². The zero-order valence-corrected chi connectivity index (χ0v) is 14.5. The van der Waals surface area contributed by atoms with E-state index >= 15 is 0 Å². The first kappa shape index (κ1) is 15.5. The van der Waals surface area contributed by atoms with Crippen LogP contribution in [0.25, 0.3) is 0 Å². The molecule has 3 nitrogen and oxygen atoms in total. The van der Waals surface area contributed by atoms with Gasteiger partial charge in [0.2, 0.25) is 5.88 Å². The highest BCUT2D eigenvalue weighted by atomic mass is 79.9. The summed E-state index contributed by atoms with van der Waals surface area (Å²) in [5.41, 5.74) is 1.16. The molecule has 0 fully saturated rings. The molecule has 20 heavy (non-hydrogen) atoms. The molecule has 0 saturated carbocycles. The zero-order valence-electron chi connectivity index (χ0n) is 11.4. The lowest BCUT2D eigenvalue weighted by Crippen LogP contribution is -2.17. The highest BCUT2D eigenvalue weighted by molar-refractivity contribution is 9.11. The predicted octanol–water partition coefficient (Wildman–Crippen LogP) is 5.07. The number of pyridine rings is 1. The Kier molecular flexibility index (Phi) is 5.57. The summed E-state index contributed by atoms with van der Waals surface area (Å²) in [6.07, 6.45) is 1.77. The highest BCUT2D eigenvalue weighted by Gasteiger charge is 2.08. The van der Waals surface area contributed by atoms with E-state index in [9.17, 15) is 0 Å². The Balaban J connectivity index is 2.19. The van der Waals surface area contributed by atoms with Gasteiger partial charge < -0.3 is 10.1 Å². The summed E-state index contributed by atoms with van der Waals surface area (Å²) < 4.78 is 7.71. The average molecular weight is 400 g/mol. The Morgan fingerprint density at radius 2 is 2.05 bits per heavy atom. The number of hydrogen-bond donors (Lipinski definition) is 1. The Morgan fingerprint density at radius 1 is 1.25 bits per heavy atom. The summed E-state index contributed by atoms with van der Waals surface area (Å²) in [5, 5.41) is 3.37. The van der Waals surface area contributed by atoms with E-state index in [-0.39, 0.29) is 6.04 Å². The van der Waals surface area contributed by atoms with Crippen LogP contribution in [0.5, 0.6) is 11.6 Å². The van der Waals surface area contributed by atoms with Crippen LogP contribution in [0.2, 0.25) is 0 Å². The minimum absolute atomic E-state index is 0.277. The normalized spacial score (nSPS) is 12.2. The number of nitrogens with zero attached hydrogens (tertiary/aromatic N) is 1. The van der Waals surface area contributed by atoms with Crippen LogP contribution in [0.3, 0.4) is 0 Å². The fraction of sp³-hybridized carbons (Fsp3) is 0.267. The molecular weight excluding hydrogens is 384 g/mol.